The Balaban J connectivity index is 1.76. The molecule has 0 atom stereocenters. The maximum absolute atomic E-state index is 12.5. The van der Waals surface area contributed by atoms with Crippen LogP contribution < -0.4 is 26.4 Å². The average Bonchev–Trinajstić information content (AvgIpc) is 2.93. The number of carbonyl (C=O) groups excluding carboxylic acids is 1. The van der Waals surface area contributed by atoms with Crippen LogP contribution >= 0.6 is 11.6 Å². The van der Waals surface area contributed by atoms with Crippen LogP contribution in [0, 0.1) is 0 Å². The lowest BCUT2D eigenvalue weighted by molar-refractivity contribution is -0.119. The highest BCUT2D eigenvalue weighted by molar-refractivity contribution is 6.30. The maximum Gasteiger partial charge on any atom is 0.332 e. The summed E-state index contributed by atoms with van der Waals surface area (Å²) in [6, 6.07) is 7.21. The van der Waals surface area contributed by atoms with Gasteiger partial charge in [-0.3, -0.25) is 18.7 Å². The van der Waals surface area contributed by atoms with Crippen LogP contribution in [0.5, 0.6) is 0 Å². The Morgan fingerprint density at radius 2 is 1.77 bits per heavy atom. The van der Waals surface area contributed by atoms with Gasteiger partial charge in [0.1, 0.15) is 11.5 Å². The Morgan fingerprint density at radius 3 is 2.42 bits per heavy atom. The first-order chi connectivity index (χ1) is 12.3. The molecule has 3 rings (SSSR count). The molecule has 0 bridgehead atoms. The van der Waals surface area contributed by atoms with Gasteiger partial charge in [-0.1, -0.05) is 23.7 Å². The number of halogens is 1. The first-order valence-electron chi connectivity index (χ1n) is 8.07. The van der Waals surface area contributed by atoms with Gasteiger partial charge in [-0.15, -0.1) is 0 Å². The summed E-state index contributed by atoms with van der Waals surface area (Å²) in [5.74, 6) is 0.306. The minimum absolute atomic E-state index is 0.0262. The molecule has 0 saturated heterocycles. The number of nitrogens with zero attached hydrogens (tertiary/aromatic N) is 4. The molecule has 26 heavy (non-hydrogen) atoms. The Bertz CT molecular complexity index is 964. The molecule has 0 saturated carbocycles. The highest BCUT2D eigenvalue weighted by atomic mass is 35.5. The molecular formula is C17H20ClN5O3. The van der Waals surface area contributed by atoms with E-state index in [1.54, 1.807) is 36.0 Å². The number of amides is 1. The van der Waals surface area contributed by atoms with Crippen molar-refractivity contribution in [2.45, 2.75) is 6.54 Å². The standard InChI is InChI=1S/C17H20ClN5O3/c1-20-10-23(14-15(20)21(2)17(26)22(3)16(14)25)9-13(24)19-8-11-4-6-12(18)7-5-11/h4-7H,8-10H2,1-3H3,(H,19,24). The van der Waals surface area contributed by atoms with Crippen LogP contribution in [0.25, 0.3) is 0 Å². The number of nitrogens with one attached hydrogen (secondary N) is 1. The minimum Gasteiger partial charge on any atom is -0.350 e. The van der Waals surface area contributed by atoms with Gasteiger partial charge in [0, 0.05) is 32.7 Å². The number of rotatable bonds is 4. The molecule has 0 fully saturated rings. The molecule has 1 aliphatic rings. The second kappa shape index (κ2) is 6.87. The minimum atomic E-state index is -0.405. The van der Waals surface area contributed by atoms with Crippen LogP contribution in [0.15, 0.2) is 33.9 Å². The summed E-state index contributed by atoms with van der Waals surface area (Å²) in [5, 5.41) is 3.47. The fraction of sp³-hybridized carbons (Fsp3) is 0.353. The number of hydrogen-bond donors (Lipinski definition) is 1. The lowest BCUT2D eigenvalue weighted by Crippen LogP contribution is -2.42. The third-order valence-corrected chi connectivity index (χ3v) is 4.66. The van der Waals surface area contributed by atoms with E-state index in [1.807, 2.05) is 12.1 Å². The van der Waals surface area contributed by atoms with E-state index < -0.39 is 11.2 Å². The molecule has 138 valence electrons. The van der Waals surface area contributed by atoms with E-state index in [2.05, 4.69) is 5.32 Å². The Labute approximate surface area is 155 Å². The molecule has 2 heterocycles. The van der Waals surface area contributed by atoms with E-state index in [0.29, 0.717) is 29.7 Å². The molecule has 2 aromatic rings. The highest BCUT2D eigenvalue weighted by Crippen LogP contribution is 2.29. The fourth-order valence-electron chi connectivity index (χ4n) is 3.08. The highest BCUT2D eigenvalue weighted by Gasteiger charge is 2.31. The average molecular weight is 378 g/mol. The molecular weight excluding hydrogens is 358 g/mol. The van der Waals surface area contributed by atoms with Crippen molar-refractivity contribution in [1.82, 2.24) is 14.5 Å². The molecule has 1 aromatic carbocycles. The topological polar surface area (TPSA) is 79.6 Å². The largest absolute Gasteiger partial charge is 0.350 e. The van der Waals surface area contributed by atoms with E-state index >= 15 is 0 Å². The summed E-state index contributed by atoms with van der Waals surface area (Å²) in [7, 11) is 4.83. The smallest absolute Gasteiger partial charge is 0.332 e. The van der Waals surface area contributed by atoms with Crippen molar-refractivity contribution in [3.63, 3.8) is 0 Å². The fourth-order valence-corrected chi connectivity index (χ4v) is 3.21. The van der Waals surface area contributed by atoms with Crippen LogP contribution in [0.1, 0.15) is 5.56 Å². The molecule has 1 aliphatic heterocycles. The molecule has 0 aliphatic carbocycles. The van der Waals surface area contributed by atoms with E-state index in [1.165, 1.54) is 11.6 Å². The van der Waals surface area contributed by atoms with Gasteiger partial charge in [-0.25, -0.2) is 4.79 Å². The zero-order valence-electron chi connectivity index (χ0n) is 14.8. The number of anilines is 2. The van der Waals surface area contributed by atoms with Gasteiger partial charge >= 0.3 is 5.69 Å². The van der Waals surface area contributed by atoms with Crippen LogP contribution in [-0.4, -0.2) is 35.3 Å². The normalized spacial score (nSPS) is 13.1. The monoisotopic (exact) mass is 377 g/mol. The predicted molar refractivity (Wildman–Crippen MR) is 101 cm³/mol. The van der Waals surface area contributed by atoms with Crippen molar-refractivity contribution in [3.05, 3.63) is 55.7 Å². The number of fused-ring (bicyclic) bond motifs is 1. The van der Waals surface area contributed by atoms with Crippen molar-refractivity contribution in [1.29, 1.82) is 0 Å². The molecule has 1 aromatic heterocycles. The zero-order chi connectivity index (χ0) is 19.0. The summed E-state index contributed by atoms with van der Waals surface area (Å²) in [5.41, 5.74) is 0.492. The van der Waals surface area contributed by atoms with Crippen molar-refractivity contribution in [2.75, 3.05) is 30.1 Å². The third kappa shape index (κ3) is 3.20. The van der Waals surface area contributed by atoms with E-state index in [-0.39, 0.29) is 12.5 Å². The zero-order valence-corrected chi connectivity index (χ0v) is 15.6. The molecule has 9 heteroatoms. The summed E-state index contributed by atoms with van der Waals surface area (Å²) < 4.78 is 2.47. The Morgan fingerprint density at radius 1 is 1.12 bits per heavy atom. The van der Waals surface area contributed by atoms with Crippen LogP contribution in [0.4, 0.5) is 11.5 Å². The number of aromatic nitrogens is 2. The van der Waals surface area contributed by atoms with Gasteiger partial charge in [0.15, 0.2) is 0 Å². The summed E-state index contributed by atoms with van der Waals surface area (Å²) in [6.45, 7) is 0.756. The lowest BCUT2D eigenvalue weighted by atomic mass is 10.2. The van der Waals surface area contributed by atoms with Crippen molar-refractivity contribution >= 4 is 29.0 Å². The molecule has 0 unspecified atom stereocenters. The van der Waals surface area contributed by atoms with Crippen molar-refractivity contribution in [3.8, 4) is 0 Å². The van der Waals surface area contributed by atoms with E-state index in [4.69, 9.17) is 11.6 Å². The molecule has 8 nitrogen and oxygen atoms in total. The molecule has 1 amide bonds. The van der Waals surface area contributed by atoms with E-state index in [9.17, 15) is 14.4 Å². The van der Waals surface area contributed by atoms with Crippen molar-refractivity contribution < 1.29 is 4.79 Å². The summed E-state index contributed by atoms with van der Waals surface area (Å²) in [4.78, 5) is 40.4. The lowest BCUT2D eigenvalue weighted by Gasteiger charge is -2.18. The summed E-state index contributed by atoms with van der Waals surface area (Å²) >= 11 is 5.85. The summed E-state index contributed by atoms with van der Waals surface area (Å²) in [6.07, 6.45) is 0. The van der Waals surface area contributed by atoms with Gasteiger partial charge in [-0.2, -0.15) is 0 Å². The van der Waals surface area contributed by atoms with Crippen LogP contribution in [-0.2, 0) is 25.4 Å². The first-order valence-corrected chi connectivity index (χ1v) is 8.44. The molecule has 1 N–H and O–H groups in total. The number of hydrogen-bond acceptors (Lipinski definition) is 5. The second-order valence-corrected chi connectivity index (χ2v) is 6.75. The second-order valence-electron chi connectivity index (χ2n) is 6.32. The van der Waals surface area contributed by atoms with Crippen LogP contribution in [0.3, 0.4) is 0 Å². The van der Waals surface area contributed by atoms with E-state index in [0.717, 1.165) is 10.1 Å². The molecule has 0 radical (unpaired) electrons. The van der Waals surface area contributed by atoms with Gasteiger partial charge < -0.3 is 15.1 Å². The predicted octanol–water partition coefficient (Wildman–Crippen LogP) is 0.268. The van der Waals surface area contributed by atoms with Gasteiger partial charge in [0.2, 0.25) is 5.91 Å². The number of carbonyl (C=O) groups is 1. The Kier molecular flexibility index (Phi) is 4.78. The van der Waals surface area contributed by atoms with Gasteiger partial charge in [-0.05, 0) is 17.7 Å². The van der Waals surface area contributed by atoms with Gasteiger partial charge in [0.05, 0.1) is 13.2 Å². The quantitative estimate of drug-likeness (QED) is 0.827. The maximum atomic E-state index is 12.5. The number of benzene rings is 1. The third-order valence-electron chi connectivity index (χ3n) is 4.41. The SMILES string of the molecule is CN1CN(CC(=O)NCc2ccc(Cl)cc2)c2c1n(C)c(=O)n(C)c2=O. The first kappa shape index (κ1) is 18.1. The molecule has 0 spiro atoms. The van der Waals surface area contributed by atoms with Crippen molar-refractivity contribution in [2.24, 2.45) is 14.1 Å². The van der Waals surface area contributed by atoms with Crippen LogP contribution in [0.2, 0.25) is 5.02 Å². The van der Waals surface area contributed by atoms with Gasteiger partial charge in [0.25, 0.3) is 5.56 Å². The Hall–Kier alpha value is -2.74.